The van der Waals surface area contributed by atoms with Crippen LogP contribution in [-0.4, -0.2) is 23.5 Å². The monoisotopic (exact) mass is 263 g/mol. The summed E-state index contributed by atoms with van der Waals surface area (Å²) in [6, 6.07) is 2.05. The summed E-state index contributed by atoms with van der Waals surface area (Å²) in [6.45, 7) is 7.15. The Hall–Kier alpha value is -1.58. The fourth-order valence-corrected chi connectivity index (χ4v) is 1.68. The number of rotatable bonds is 8. The quantitative estimate of drug-likeness (QED) is 0.708. The summed E-state index contributed by atoms with van der Waals surface area (Å²) in [4.78, 5) is 16.1. The van der Waals surface area contributed by atoms with Crippen LogP contribution in [-0.2, 0) is 0 Å². The molecule has 2 N–H and O–H groups in total. The zero-order valence-corrected chi connectivity index (χ0v) is 12.2. The molecule has 106 valence electrons. The molecule has 1 atom stereocenters. The molecule has 0 radical (unpaired) electrons. The molecule has 1 amide bonds. The number of unbranched alkanes of at least 4 members (excludes halogenated alkanes) is 2. The van der Waals surface area contributed by atoms with Gasteiger partial charge in [-0.15, -0.1) is 0 Å². The van der Waals surface area contributed by atoms with Crippen molar-refractivity contribution in [2.75, 3.05) is 11.9 Å². The molecule has 1 unspecified atom stereocenters. The SMILES string of the molecule is CCCCCNc1cncc(C(=O)NC(C)CC)c1. The fraction of sp³-hybridized carbons (Fsp3) is 0.600. The molecule has 19 heavy (non-hydrogen) atoms. The smallest absolute Gasteiger partial charge is 0.253 e. The summed E-state index contributed by atoms with van der Waals surface area (Å²) < 4.78 is 0. The number of amides is 1. The van der Waals surface area contributed by atoms with Crippen LogP contribution in [0.15, 0.2) is 18.5 Å². The van der Waals surface area contributed by atoms with E-state index < -0.39 is 0 Å². The van der Waals surface area contributed by atoms with E-state index in [0.29, 0.717) is 5.56 Å². The van der Waals surface area contributed by atoms with Crippen molar-refractivity contribution < 1.29 is 4.79 Å². The third kappa shape index (κ3) is 5.73. The lowest BCUT2D eigenvalue weighted by atomic mass is 10.2. The van der Waals surface area contributed by atoms with Crippen LogP contribution in [0.4, 0.5) is 5.69 Å². The summed E-state index contributed by atoms with van der Waals surface area (Å²) in [5.74, 6) is -0.0564. The Balaban J connectivity index is 2.53. The largest absolute Gasteiger partial charge is 0.384 e. The van der Waals surface area contributed by atoms with Gasteiger partial charge in [0.15, 0.2) is 0 Å². The number of carbonyl (C=O) groups is 1. The van der Waals surface area contributed by atoms with Gasteiger partial charge >= 0.3 is 0 Å². The Morgan fingerprint density at radius 2 is 2.11 bits per heavy atom. The topological polar surface area (TPSA) is 54.0 Å². The molecule has 0 saturated heterocycles. The molecule has 0 bridgehead atoms. The summed E-state index contributed by atoms with van der Waals surface area (Å²) in [5.41, 5.74) is 1.52. The predicted octanol–water partition coefficient (Wildman–Crippen LogP) is 3.21. The molecule has 0 fully saturated rings. The van der Waals surface area contributed by atoms with E-state index in [-0.39, 0.29) is 11.9 Å². The molecule has 4 heteroatoms. The lowest BCUT2D eigenvalue weighted by molar-refractivity contribution is 0.0939. The van der Waals surface area contributed by atoms with Crippen LogP contribution in [0.1, 0.15) is 56.8 Å². The molecule has 1 aromatic rings. The van der Waals surface area contributed by atoms with Crippen LogP contribution >= 0.6 is 0 Å². The van der Waals surface area contributed by atoms with Crippen molar-refractivity contribution in [3.05, 3.63) is 24.0 Å². The lowest BCUT2D eigenvalue weighted by Crippen LogP contribution is -2.32. The van der Waals surface area contributed by atoms with Crippen molar-refractivity contribution in [2.45, 2.75) is 52.5 Å². The minimum Gasteiger partial charge on any atom is -0.384 e. The Morgan fingerprint density at radius 1 is 1.32 bits per heavy atom. The molecular formula is C15H25N3O. The zero-order valence-electron chi connectivity index (χ0n) is 12.2. The van der Waals surface area contributed by atoms with Gasteiger partial charge in [0.2, 0.25) is 0 Å². The molecule has 0 aliphatic rings. The second-order valence-corrected chi connectivity index (χ2v) is 4.88. The molecule has 0 aromatic carbocycles. The first-order valence-corrected chi connectivity index (χ1v) is 7.17. The summed E-state index contributed by atoms with van der Waals surface area (Å²) >= 11 is 0. The molecule has 4 nitrogen and oxygen atoms in total. The van der Waals surface area contributed by atoms with Crippen molar-refractivity contribution in [1.29, 1.82) is 0 Å². The number of hydrogen-bond donors (Lipinski definition) is 2. The zero-order chi connectivity index (χ0) is 14.1. The number of nitrogens with zero attached hydrogens (tertiary/aromatic N) is 1. The lowest BCUT2D eigenvalue weighted by Gasteiger charge is -2.12. The Morgan fingerprint density at radius 3 is 2.79 bits per heavy atom. The van der Waals surface area contributed by atoms with Crippen molar-refractivity contribution in [1.82, 2.24) is 10.3 Å². The molecule has 1 rings (SSSR count). The van der Waals surface area contributed by atoms with Crippen molar-refractivity contribution in [2.24, 2.45) is 0 Å². The normalized spacial score (nSPS) is 11.9. The maximum Gasteiger partial charge on any atom is 0.253 e. The highest BCUT2D eigenvalue weighted by Gasteiger charge is 2.09. The number of anilines is 1. The third-order valence-electron chi connectivity index (χ3n) is 3.10. The van der Waals surface area contributed by atoms with Crippen molar-refractivity contribution >= 4 is 11.6 Å². The number of pyridine rings is 1. The second kappa shape index (κ2) is 8.51. The van der Waals surface area contributed by atoms with Crippen molar-refractivity contribution in [3.8, 4) is 0 Å². The Kier molecular flexibility index (Phi) is 6.93. The van der Waals surface area contributed by atoms with E-state index in [0.717, 1.165) is 25.1 Å². The maximum atomic E-state index is 12.0. The van der Waals surface area contributed by atoms with Crippen LogP contribution in [0.5, 0.6) is 0 Å². The molecule has 0 spiro atoms. The average molecular weight is 263 g/mol. The highest BCUT2D eigenvalue weighted by molar-refractivity contribution is 5.94. The first-order valence-electron chi connectivity index (χ1n) is 7.17. The van der Waals surface area contributed by atoms with Gasteiger partial charge in [-0.3, -0.25) is 9.78 Å². The third-order valence-corrected chi connectivity index (χ3v) is 3.10. The molecular weight excluding hydrogens is 238 g/mol. The minimum atomic E-state index is -0.0564. The number of carbonyl (C=O) groups excluding carboxylic acids is 1. The van der Waals surface area contributed by atoms with Crippen LogP contribution in [0, 0.1) is 0 Å². The average Bonchev–Trinajstić information content (AvgIpc) is 2.43. The molecule has 1 heterocycles. The van der Waals surface area contributed by atoms with Gasteiger partial charge in [-0.25, -0.2) is 0 Å². The molecule has 0 aliphatic carbocycles. The van der Waals surface area contributed by atoms with E-state index in [1.54, 1.807) is 12.4 Å². The predicted molar refractivity (Wildman–Crippen MR) is 79.5 cm³/mol. The number of aromatic nitrogens is 1. The number of nitrogens with one attached hydrogen (secondary N) is 2. The minimum absolute atomic E-state index is 0.0564. The van der Waals surface area contributed by atoms with Crippen LogP contribution in [0.3, 0.4) is 0 Å². The van der Waals surface area contributed by atoms with Gasteiger partial charge in [0, 0.05) is 25.0 Å². The summed E-state index contributed by atoms with van der Waals surface area (Å²) in [5, 5.41) is 6.24. The van der Waals surface area contributed by atoms with Gasteiger partial charge in [-0.05, 0) is 25.8 Å². The van der Waals surface area contributed by atoms with Crippen LogP contribution < -0.4 is 10.6 Å². The summed E-state index contributed by atoms with van der Waals surface area (Å²) in [6.07, 6.45) is 7.85. The Labute approximate surface area is 116 Å². The van der Waals surface area contributed by atoms with E-state index in [1.807, 2.05) is 13.0 Å². The maximum absolute atomic E-state index is 12.0. The van der Waals surface area contributed by atoms with Crippen LogP contribution in [0.25, 0.3) is 0 Å². The van der Waals surface area contributed by atoms with Gasteiger partial charge < -0.3 is 10.6 Å². The second-order valence-electron chi connectivity index (χ2n) is 4.88. The molecule has 0 aliphatic heterocycles. The van der Waals surface area contributed by atoms with E-state index >= 15 is 0 Å². The highest BCUT2D eigenvalue weighted by atomic mass is 16.1. The summed E-state index contributed by atoms with van der Waals surface area (Å²) in [7, 11) is 0. The standard InChI is InChI=1S/C15H25N3O/c1-4-6-7-8-17-14-9-13(10-16-11-14)15(19)18-12(3)5-2/h9-12,17H,4-8H2,1-3H3,(H,18,19). The van der Waals surface area contributed by atoms with Crippen molar-refractivity contribution in [3.63, 3.8) is 0 Å². The van der Waals surface area contributed by atoms with E-state index in [4.69, 9.17) is 0 Å². The fourth-order valence-electron chi connectivity index (χ4n) is 1.68. The van der Waals surface area contributed by atoms with Gasteiger partial charge in [-0.2, -0.15) is 0 Å². The van der Waals surface area contributed by atoms with E-state index in [1.165, 1.54) is 12.8 Å². The van der Waals surface area contributed by atoms with E-state index in [2.05, 4.69) is 29.5 Å². The number of hydrogen-bond acceptors (Lipinski definition) is 3. The van der Waals surface area contributed by atoms with Gasteiger partial charge in [0.1, 0.15) is 0 Å². The first kappa shape index (κ1) is 15.5. The van der Waals surface area contributed by atoms with Gasteiger partial charge in [-0.1, -0.05) is 26.7 Å². The molecule has 0 saturated carbocycles. The van der Waals surface area contributed by atoms with Gasteiger partial charge in [0.05, 0.1) is 11.3 Å². The Bertz CT molecular complexity index is 393. The van der Waals surface area contributed by atoms with Crippen LogP contribution in [0.2, 0.25) is 0 Å². The van der Waals surface area contributed by atoms with Gasteiger partial charge in [0.25, 0.3) is 5.91 Å². The van der Waals surface area contributed by atoms with E-state index in [9.17, 15) is 4.79 Å². The molecule has 1 aromatic heterocycles. The first-order chi connectivity index (χ1) is 9.17. The highest BCUT2D eigenvalue weighted by Crippen LogP contribution is 2.09.